The van der Waals surface area contributed by atoms with E-state index in [1.54, 1.807) is 0 Å². The standard InChI is InChI=1S/C15H23NO2S/c1-12-4-6-13(7-5-12)15(14-8-9-14)16-10-3-11-19(2,17)18/h4-7,14-16H,3,8-11H2,1-2H3. The van der Waals surface area contributed by atoms with Gasteiger partial charge in [-0.1, -0.05) is 29.8 Å². The zero-order valence-electron chi connectivity index (χ0n) is 11.7. The summed E-state index contributed by atoms with van der Waals surface area (Å²) in [5.41, 5.74) is 2.60. The molecule has 0 aliphatic heterocycles. The molecule has 0 bridgehead atoms. The molecule has 1 aromatic rings. The fraction of sp³-hybridized carbons (Fsp3) is 0.600. The van der Waals surface area contributed by atoms with Crippen molar-refractivity contribution < 1.29 is 8.42 Å². The van der Waals surface area contributed by atoms with Crippen LogP contribution in [0.15, 0.2) is 24.3 Å². The number of hydrogen-bond donors (Lipinski definition) is 1. The maximum Gasteiger partial charge on any atom is 0.147 e. The Labute approximate surface area is 116 Å². The molecule has 1 aromatic carbocycles. The topological polar surface area (TPSA) is 46.2 Å². The van der Waals surface area contributed by atoms with Crippen LogP contribution in [-0.2, 0) is 9.84 Å². The predicted molar refractivity (Wildman–Crippen MR) is 79.0 cm³/mol. The van der Waals surface area contributed by atoms with Crippen molar-refractivity contribution in [3.05, 3.63) is 35.4 Å². The molecule has 1 N–H and O–H groups in total. The van der Waals surface area contributed by atoms with Gasteiger partial charge in [0.05, 0.1) is 5.75 Å². The molecule has 1 unspecified atom stereocenters. The van der Waals surface area contributed by atoms with E-state index in [0.29, 0.717) is 12.5 Å². The van der Waals surface area contributed by atoms with E-state index in [1.807, 2.05) is 0 Å². The van der Waals surface area contributed by atoms with Crippen molar-refractivity contribution in [2.24, 2.45) is 5.92 Å². The lowest BCUT2D eigenvalue weighted by Crippen LogP contribution is -2.25. The normalized spacial score (nSPS) is 17.4. The highest BCUT2D eigenvalue weighted by molar-refractivity contribution is 7.90. The maximum absolute atomic E-state index is 11.1. The monoisotopic (exact) mass is 281 g/mol. The molecule has 4 heteroatoms. The number of aryl methyl sites for hydroxylation is 1. The van der Waals surface area contributed by atoms with Crippen LogP contribution >= 0.6 is 0 Å². The van der Waals surface area contributed by atoms with Gasteiger partial charge in [-0.3, -0.25) is 0 Å². The van der Waals surface area contributed by atoms with Gasteiger partial charge in [0.2, 0.25) is 0 Å². The van der Waals surface area contributed by atoms with E-state index in [-0.39, 0.29) is 5.75 Å². The first-order valence-corrected chi connectivity index (χ1v) is 8.99. The summed E-state index contributed by atoms with van der Waals surface area (Å²) in [5, 5.41) is 3.53. The zero-order valence-corrected chi connectivity index (χ0v) is 12.5. The Hall–Kier alpha value is -0.870. The first-order chi connectivity index (χ1) is 8.96. The molecule has 2 rings (SSSR count). The highest BCUT2D eigenvalue weighted by Gasteiger charge is 2.31. The number of nitrogens with one attached hydrogen (secondary N) is 1. The lowest BCUT2D eigenvalue weighted by Gasteiger charge is -2.19. The summed E-state index contributed by atoms with van der Waals surface area (Å²) in [6.45, 7) is 2.86. The Bertz CT molecular complexity index is 503. The van der Waals surface area contributed by atoms with Crippen molar-refractivity contribution in [2.75, 3.05) is 18.6 Å². The minimum atomic E-state index is -2.84. The summed E-state index contributed by atoms with van der Waals surface area (Å²) in [6, 6.07) is 9.04. The molecule has 19 heavy (non-hydrogen) atoms. The van der Waals surface area contributed by atoms with Gasteiger partial charge in [-0.2, -0.15) is 0 Å². The van der Waals surface area contributed by atoms with Crippen LogP contribution in [-0.4, -0.2) is 27.0 Å². The Kier molecular flexibility index (Phi) is 4.63. The van der Waals surface area contributed by atoms with Crippen molar-refractivity contribution >= 4 is 9.84 Å². The van der Waals surface area contributed by atoms with Gasteiger partial charge in [-0.05, 0) is 44.2 Å². The van der Waals surface area contributed by atoms with Gasteiger partial charge in [-0.15, -0.1) is 0 Å². The van der Waals surface area contributed by atoms with Crippen LogP contribution < -0.4 is 5.32 Å². The van der Waals surface area contributed by atoms with Crippen LogP contribution in [0.4, 0.5) is 0 Å². The molecule has 1 aliphatic rings. The first kappa shape index (κ1) is 14.5. The summed E-state index contributed by atoms with van der Waals surface area (Å²) in [5.74, 6) is 0.992. The molecular weight excluding hydrogens is 258 g/mol. The van der Waals surface area contributed by atoms with Gasteiger partial charge >= 0.3 is 0 Å². The second kappa shape index (κ2) is 6.06. The second-order valence-corrected chi connectivity index (χ2v) is 7.92. The molecule has 0 amide bonds. The lowest BCUT2D eigenvalue weighted by atomic mass is 10.0. The Morgan fingerprint density at radius 2 is 1.89 bits per heavy atom. The van der Waals surface area contributed by atoms with Crippen LogP contribution in [0.25, 0.3) is 0 Å². The Morgan fingerprint density at radius 3 is 2.42 bits per heavy atom. The average molecular weight is 281 g/mol. The molecule has 1 aliphatic carbocycles. The SMILES string of the molecule is Cc1ccc(C(NCCCS(C)(=O)=O)C2CC2)cc1. The Balaban J connectivity index is 1.88. The first-order valence-electron chi connectivity index (χ1n) is 6.93. The molecule has 3 nitrogen and oxygen atoms in total. The van der Waals surface area contributed by atoms with E-state index in [1.165, 1.54) is 30.2 Å². The van der Waals surface area contributed by atoms with E-state index >= 15 is 0 Å². The minimum Gasteiger partial charge on any atom is -0.310 e. The number of rotatable bonds is 7. The molecule has 0 heterocycles. The van der Waals surface area contributed by atoms with Gasteiger partial charge < -0.3 is 5.32 Å². The molecule has 0 spiro atoms. The van der Waals surface area contributed by atoms with E-state index in [0.717, 1.165) is 12.5 Å². The van der Waals surface area contributed by atoms with Gasteiger partial charge in [0.1, 0.15) is 9.84 Å². The highest BCUT2D eigenvalue weighted by atomic mass is 32.2. The van der Waals surface area contributed by atoms with E-state index in [9.17, 15) is 8.42 Å². The third-order valence-corrected chi connectivity index (χ3v) is 4.62. The molecule has 0 saturated heterocycles. The average Bonchev–Trinajstić information content (AvgIpc) is 3.14. The van der Waals surface area contributed by atoms with Crippen LogP contribution in [0.5, 0.6) is 0 Å². The summed E-state index contributed by atoms with van der Waals surface area (Å²) in [6.07, 6.45) is 4.54. The highest BCUT2D eigenvalue weighted by Crippen LogP contribution is 2.40. The maximum atomic E-state index is 11.1. The van der Waals surface area contributed by atoms with Gasteiger partial charge in [0, 0.05) is 12.3 Å². The van der Waals surface area contributed by atoms with Crippen molar-refractivity contribution in [1.82, 2.24) is 5.32 Å². The Morgan fingerprint density at radius 1 is 1.26 bits per heavy atom. The van der Waals surface area contributed by atoms with E-state index in [4.69, 9.17) is 0 Å². The smallest absolute Gasteiger partial charge is 0.147 e. The number of benzene rings is 1. The van der Waals surface area contributed by atoms with Crippen LogP contribution in [0.3, 0.4) is 0 Å². The second-order valence-electron chi connectivity index (χ2n) is 5.66. The fourth-order valence-electron chi connectivity index (χ4n) is 2.35. The lowest BCUT2D eigenvalue weighted by molar-refractivity contribution is 0.480. The van der Waals surface area contributed by atoms with Gasteiger partial charge in [-0.25, -0.2) is 8.42 Å². The number of hydrogen-bond acceptors (Lipinski definition) is 3. The fourth-order valence-corrected chi connectivity index (χ4v) is 3.02. The molecule has 1 atom stereocenters. The van der Waals surface area contributed by atoms with Crippen molar-refractivity contribution in [1.29, 1.82) is 0 Å². The van der Waals surface area contributed by atoms with Crippen LogP contribution in [0, 0.1) is 12.8 Å². The van der Waals surface area contributed by atoms with Crippen molar-refractivity contribution in [3.8, 4) is 0 Å². The van der Waals surface area contributed by atoms with Gasteiger partial charge in [0.15, 0.2) is 0 Å². The summed E-state index contributed by atoms with van der Waals surface area (Å²) in [7, 11) is -2.84. The van der Waals surface area contributed by atoms with Crippen LogP contribution in [0.2, 0.25) is 0 Å². The van der Waals surface area contributed by atoms with E-state index < -0.39 is 9.84 Å². The molecule has 0 aromatic heterocycles. The van der Waals surface area contributed by atoms with Gasteiger partial charge in [0.25, 0.3) is 0 Å². The quantitative estimate of drug-likeness (QED) is 0.781. The molecular formula is C15H23NO2S. The summed E-state index contributed by atoms with van der Waals surface area (Å²) >= 11 is 0. The molecule has 1 fully saturated rings. The zero-order chi connectivity index (χ0) is 13.9. The van der Waals surface area contributed by atoms with Crippen molar-refractivity contribution in [2.45, 2.75) is 32.2 Å². The molecule has 0 radical (unpaired) electrons. The molecule has 106 valence electrons. The van der Waals surface area contributed by atoms with Crippen molar-refractivity contribution in [3.63, 3.8) is 0 Å². The largest absolute Gasteiger partial charge is 0.310 e. The number of sulfone groups is 1. The summed E-state index contributed by atoms with van der Waals surface area (Å²) in [4.78, 5) is 0. The molecule has 1 saturated carbocycles. The van der Waals surface area contributed by atoms with E-state index in [2.05, 4.69) is 36.5 Å². The minimum absolute atomic E-state index is 0.269. The third-order valence-electron chi connectivity index (χ3n) is 3.59. The van der Waals surface area contributed by atoms with Crippen LogP contribution in [0.1, 0.15) is 36.4 Å². The summed E-state index contributed by atoms with van der Waals surface area (Å²) < 4.78 is 22.2. The predicted octanol–water partition coefficient (Wildman–Crippen LogP) is 2.47. The third kappa shape index (κ3) is 4.96.